The first-order valence-corrected chi connectivity index (χ1v) is 10.4. The van der Waals surface area contributed by atoms with Crippen molar-refractivity contribution in [3.63, 3.8) is 0 Å². The zero-order chi connectivity index (χ0) is 19.6. The minimum Gasteiger partial charge on any atom is -0.327 e. The van der Waals surface area contributed by atoms with Crippen LogP contribution in [0.5, 0.6) is 0 Å². The molecule has 29 heavy (non-hydrogen) atoms. The van der Waals surface area contributed by atoms with Gasteiger partial charge in [-0.05, 0) is 48.6 Å². The molecule has 3 heterocycles. The zero-order valence-electron chi connectivity index (χ0n) is 15.7. The van der Waals surface area contributed by atoms with E-state index in [0.717, 1.165) is 29.1 Å². The molecule has 1 aliphatic rings. The summed E-state index contributed by atoms with van der Waals surface area (Å²) in [5.41, 5.74) is 1.75. The number of benzene rings is 1. The number of amides is 1. The van der Waals surface area contributed by atoms with Gasteiger partial charge in [-0.1, -0.05) is 30.3 Å². The van der Waals surface area contributed by atoms with Gasteiger partial charge in [-0.3, -0.25) is 9.78 Å². The fourth-order valence-electron chi connectivity index (χ4n) is 3.26. The Morgan fingerprint density at radius 3 is 2.59 bits per heavy atom. The quantitative estimate of drug-likeness (QED) is 0.486. The highest BCUT2D eigenvalue weighted by atomic mass is 32.1. The van der Waals surface area contributed by atoms with Gasteiger partial charge in [-0.15, -0.1) is 16.4 Å². The average molecular weight is 401 g/mol. The van der Waals surface area contributed by atoms with Gasteiger partial charge >= 0.3 is 0 Å². The van der Waals surface area contributed by atoms with Crippen LogP contribution in [0.1, 0.15) is 29.2 Å². The Morgan fingerprint density at radius 1 is 1.07 bits per heavy atom. The van der Waals surface area contributed by atoms with Crippen molar-refractivity contribution in [1.82, 2.24) is 24.6 Å². The summed E-state index contributed by atoms with van der Waals surface area (Å²) < 4.78 is 1.75. The molecule has 1 amide bonds. The largest absolute Gasteiger partial charge is 0.327 e. The fraction of sp³-hybridized carbons (Fsp3) is 0.182. The van der Waals surface area contributed by atoms with Crippen molar-refractivity contribution < 1.29 is 4.79 Å². The second-order valence-electron chi connectivity index (χ2n) is 6.97. The monoisotopic (exact) mass is 401 g/mol. The second kappa shape index (κ2) is 7.60. The molecule has 0 atom stereocenters. The third kappa shape index (κ3) is 3.69. The molecule has 6 nitrogen and oxygen atoms in total. The summed E-state index contributed by atoms with van der Waals surface area (Å²) in [6.07, 6.45) is 3.77. The van der Waals surface area contributed by atoms with Crippen molar-refractivity contribution in [2.45, 2.75) is 25.4 Å². The minimum absolute atomic E-state index is 0.148. The Bertz CT molecular complexity index is 1100. The normalized spacial score (nSPS) is 13.4. The highest BCUT2D eigenvalue weighted by Gasteiger charge is 2.35. The van der Waals surface area contributed by atoms with Crippen LogP contribution in [0.4, 0.5) is 0 Å². The fourth-order valence-corrected chi connectivity index (χ4v) is 3.96. The maximum Gasteiger partial charge on any atom is 0.294 e. The summed E-state index contributed by atoms with van der Waals surface area (Å²) in [5, 5.41) is 6.61. The van der Waals surface area contributed by atoms with Crippen LogP contribution in [-0.4, -0.2) is 36.6 Å². The van der Waals surface area contributed by atoms with Crippen molar-refractivity contribution in [3.05, 3.63) is 83.8 Å². The van der Waals surface area contributed by atoms with Gasteiger partial charge in [0.05, 0.1) is 22.8 Å². The zero-order valence-corrected chi connectivity index (χ0v) is 16.5. The van der Waals surface area contributed by atoms with Crippen LogP contribution < -0.4 is 0 Å². The van der Waals surface area contributed by atoms with Crippen molar-refractivity contribution in [1.29, 1.82) is 0 Å². The second-order valence-corrected chi connectivity index (χ2v) is 7.92. The Hall–Kier alpha value is -3.32. The molecule has 5 rings (SSSR count). The summed E-state index contributed by atoms with van der Waals surface area (Å²) in [5.74, 6) is 0.758. The first-order valence-electron chi connectivity index (χ1n) is 9.57. The molecule has 0 bridgehead atoms. The number of aromatic nitrogens is 4. The van der Waals surface area contributed by atoms with Crippen molar-refractivity contribution in [2.24, 2.45) is 0 Å². The minimum atomic E-state index is -0.148. The van der Waals surface area contributed by atoms with Gasteiger partial charge < -0.3 is 4.90 Å². The predicted molar refractivity (Wildman–Crippen MR) is 112 cm³/mol. The number of nitrogens with zero attached hydrogens (tertiary/aromatic N) is 5. The summed E-state index contributed by atoms with van der Waals surface area (Å²) >= 11 is 1.58. The maximum atomic E-state index is 13.4. The molecule has 0 aliphatic heterocycles. The first kappa shape index (κ1) is 17.8. The van der Waals surface area contributed by atoms with Gasteiger partial charge in [0.1, 0.15) is 0 Å². The van der Waals surface area contributed by atoms with E-state index in [1.807, 2.05) is 70.9 Å². The lowest BCUT2D eigenvalue weighted by atomic mass is 10.3. The van der Waals surface area contributed by atoms with Crippen LogP contribution in [0.3, 0.4) is 0 Å². The third-order valence-electron chi connectivity index (χ3n) is 4.85. The Labute approximate surface area is 172 Å². The molecule has 3 aromatic heterocycles. The first-order chi connectivity index (χ1) is 14.3. The van der Waals surface area contributed by atoms with Crippen molar-refractivity contribution in [3.8, 4) is 16.4 Å². The van der Waals surface area contributed by atoms with E-state index in [1.165, 1.54) is 0 Å². The molecular weight excluding hydrogens is 382 g/mol. The summed E-state index contributed by atoms with van der Waals surface area (Å²) in [6, 6.07) is 19.8. The van der Waals surface area contributed by atoms with Crippen LogP contribution in [0.15, 0.2) is 72.2 Å². The smallest absolute Gasteiger partial charge is 0.294 e. The number of carbonyl (C=O) groups is 1. The van der Waals surface area contributed by atoms with E-state index < -0.39 is 0 Å². The number of pyridine rings is 1. The highest BCUT2D eigenvalue weighted by Crippen LogP contribution is 2.30. The lowest BCUT2D eigenvalue weighted by molar-refractivity contribution is 0.0715. The molecule has 0 spiro atoms. The molecule has 1 aromatic carbocycles. The van der Waals surface area contributed by atoms with Crippen molar-refractivity contribution >= 4 is 17.2 Å². The van der Waals surface area contributed by atoms with E-state index in [-0.39, 0.29) is 17.8 Å². The van der Waals surface area contributed by atoms with E-state index >= 15 is 0 Å². The van der Waals surface area contributed by atoms with Gasteiger partial charge in [-0.2, -0.15) is 0 Å². The number of carbonyl (C=O) groups excluding carboxylic acids is 1. The molecule has 4 aromatic rings. The number of rotatable bonds is 6. The van der Waals surface area contributed by atoms with Crippen LogP contribution >= 0.6 is 11.3 Å². The van der Waals surface area contributed by atoms with E-state index in [4.69, 9.17) is 0 Å². The standard InChI is InChI=1S/C22H19N5OS/c28-22(26(17-11-12-17)15-16-7-4-5-13-23-16)20-24-21(19-10-6-14-29-19)27(25-20)18-8-2-1-3-9-18/h1-10,13-14,17H,11-12,15H2. The van der Waals surface area contributed by atoms with Crippen LogP contribution in [-0.2, 0) is 6.54 Å². The molecule has 144 valence electrons. The molecule has 1 saturated carbocycles. The predicted octanol–water partition coefficient (Wildman–Crippen LogP) is 4.20. The lowest BCUT2D eigenvalue weighted by Crippen LogP contribution is -2.33. The average Bonchev–Trinajstić information content (AvgIpc) is 3.27. The van der Waals surface area contributed by atoms with Gasteiger partial charge in [0.25, 0.3) is 5.91 Å². The summed E-state index contributed by atoms with van der Waals surface area (Å²) in [7, 11) is 0. The molecule has 0 unspecified atom stereocenters. The molecule has 1 aliphatic carbocycles. The molecule has 1 fully saturated rings. The highest BCUT2D eigenvalue weighted by molar-refractivity contribution is 7.13. The molecule has 7 heteroatoms. The SMILES string of the molecule is O=C(c1nc(-c2cccs2)n(-c2ccccc2)n1)N(Cc1ccccn1)C1CC1. The topological polar surface area (TPSA) is 63.9 Å². The molecule has 0 saturated heterocycles. The number of thiophene rings is 1. The third-order valence-corrected chi connectivity index (χ3v) is 5.71. The van der Waals surface area contributed by atoms with Crippen LogP contribution in [0.25, 0.3) is 16.4 Å². The molecule has 0 radical (unpaired) electrons. The van der Waals surface area contributed by atoms with Gasteiger partial charge in [0.15, 0.2) is 5.82 Å². The van der Waals surface area contributed by atoms with Crippen LogP contribution in [0.2, 0.25) is 0 Å². The number of hydrogen-bond acceptors (Lipinski definition) is 5. The summed E-state index contributed by atoms with van der Waals surface area (Å²) in [6.45, 7) is 0.471. The van der Waals surface area contributed by atoms with Gasteiger partial charge in [0, 0.05) is 12.2 Å². The Kier molecular flexibility index (Phi) is 4.65. The Balaban J connectivity index is 1.52. The van der Waals surface area contributed by atoms with Crippen LogP contribution in [0, 0.1) is 0 Å². The van der Waals surface area contributed by atoms with E-state index in [0.29, 0.717) is 12.4 Å². The van der Waals surface area contributed by atoms with E-state index in [1.54, 1.807) is 22.2 Å². The van der Waals surface area contributed by atoms with Gasteiger partial charge in [0.2, 0.25) is 5.82 Å². The molecule has 0 N–H and O–H groups in total. The van der Waals surface area contributed by atoms with E-state index in [9.17, 15) is 4.79 Å². The number of para-hydroxylation sites is 1. The Morgan fingerprint density at radius 2 is 1.90 bits per heavy atom. The summed E-state index contributed by atoms with van der Waals surface area (Å²) in [4.78, 5) is 25.2. The lowest BCUT2D eigenvalue weighted by Gasteiger charge is -2.20. The van der Waals surface area contributed by atoms with E-state index in [2.05, 4.69) is 15.1 Å². The molecular formula is C22H19N5OS. The van der Waals surface area contributed by atoms with Gasteiger partial charge in [-0.25, -0.2) is 9.67 Å². The number of hydrogen-bond donors (Lipinski definition) is 0. The van der Waals surface area contributed by atoms with Crippen molar-refractivity contribution in [2.75, 3.05) is 0 Å². The maximum absolute atomic E-state index is 13.4.